The fourth-order valence-electron chi connectivity index (χ4n) is 2.46. The zero-order chi connectivity index (χ0) is 21.0. The molecule has 0 saturated carbocycles. The van der Waals surface area contributed by atoms with E-state index in [0.717, 1.165) is 16.1 Å². The molecule has 0 radical (unpaired) electrons. The molecule has 3 rings (SSSR count). The topological polar surface area (TPSA) is 148 Å². The van der Waals surface area contributed by atoms with Gasteiger partial charge < -0.3 is 15.5 Å². The molecule has 9 nitrogen and oxygen atoms in total. The third-order valence-electron chi connectivity index (χ3n) is 3.95. The van der Waals surface area contributed by atoms with Gasteiger partial charge in [-0.2, -0.15) is 8.42 Å². The lowest BCUT2D eigenvalue weighted by atomic mass is 10.1. The average Bonchev–Trinajstić information content (AvgIpc) is 3.16. The first-order valence-corrected chi connectivity index (χ1v) is 10.7. The summed E-state index contributed by atoms with van der Waals surface area (Å²) in [4.78, 5) is 11.8. The van der Waals surface area contributed by atoms with Crippen LogP contribution in [-0.4, -0.2) is 29.1 Å². The molecule has 29 heavy (non-hydrogen) atoms. The third-order valence-corrected chi connectivity index (χ3v) is 5.33. The maximum atomic E-state index is 12.1. The molecule has 0 aliphatic carbocycles. The van der Waals surface area contributed by atoms with Crippen molar-refractivity contribution in [3.63, 3.8) is 0 Å². The van der Waals surface area contributed by atoms with Gasteiger partial charge in [-0.15, -0.1) is 10.2 Å². The molecule has 1 amide bonds. The fraction of sp³-hybridized carbons (Fsp3) is 0.167. The minimum atomic E-state index is -4.35. The van der Waals surface area contributed by atoms with E-state index in [9.17, 15) is 13.2 Å². The smallest absolute Gasteiger partial charge is 0.294 e. The van der Waals surface area contributed by atoms with Gasteiger partial charge in [-0.3, -0.25) is 9.35 Å². The van der Waals surface area contributed by atoms with E-state index in [1.807, 2.05) is 24.3 Å². The lowest BCUT2D eigenvalue weighted by Gasteiger charge is -2.08. The molecule has 1 aromatic heterocycles. The van der Waals surface area contributed by atoms with Crippen LogP contribution in [0.5, 0.6) is 0 Å². The van der Waals surface area contributed by atoms with Crippen LogP contribution in [0.2, 0.25) is 0 Å². The molecular formula is C18H17BrN4O5S. The molecule has 0 fully saturated rings. The van der Waals surface area contributed by atoms with Gasteiger partial charge in [-0.25, -0.2) is 0 Å². The number of rotatable bonds is 7. The molecule has 2 aromatic carbocycles. The Morgan fingerprint density at radius 1 is 1.21 bits per heavy atom. The molecule has 1 heterocycles. The van der Waals surface area contributed by atoms with Crippen LogP contribution >= 0.6 is 15.9 Å². The number of hydrogen-bond donors (Lipinski definition) is 3. The summed E-state index contributed by atoms with van der Waals surface area (Å²) in [5.41, 5.74) is 7.03. The van der Waals surface area contributed by atoms with E-state index < -0.39 is 16.2 Å². The summed E-state index contributed by atoms with van der Waals surface area (Å²) in [7, 11) is -4.35. The normalized spacial score (nSPS) is 12.5. The van der Waals surface area contributed by atoms with Crippen molar-refractivity contribution in [3.05, 3.63) is 58.9 Å². The highest BCUT2D eigenvalue weighted by Crippen LogP contribution is 2.23. The highest BCUT2D eigenvalue weighted by Gasteiger charge is 2.17. The minimum Gasteiger partial charge on any atom is -0.419 e. The van der Waals surface area contributed by atoms with E-state index in [2.05, 4.69) is 31.4 Å². The van der Waals surface area contributed by atoms with E-state index in [4.69, 9.17) is 14.7 Å². The summed E-state index contributed by atoms with van der Waals surface area (Å²) >= 11 is 3.35. The molecule has 152 valence electrons. The Morgan fingerprint density at radius 2 is 1.93 bits per heavy atom. The molecule has 0 spiro atoms. The summed E-state index contributed by atoms with van der Waals surface area (Å²) in [5.74, 6) is 0.166. The van der Waals surface area contributed by atoms with Crippen LogP contribution in [-0.2, 0) is 14.9 Å². The van der Waals surface area contributed by atoms with Crippen molar-refractivity contribution < 1.29 is 22.2 Å². The van der Waals surface area contributed by atoms with E-state index in [-0.39, 0.29) is 35.2 Å². The van der Waals surface area contributed by atoms with Crippen molar-refractivity contribution in [1.82, 2.24) is 10.2 Å². The first-order chi connectivity index (χ1) is 13.7. The van der Waals surface area contributed by atoms with Crippen molar-refractivity contribution in [1.29, 1.82) is 0 Å². The summed E-state index contributed by atoms with van der Waals surface area (Å²) in [5, 5.41) is 10.5. The summed E-state index contributed by atoms with van der Waals surface area (Å²) < 4.78 is 37.9. The van der Waals surface area contributed by atoms with E-state index >= 15 is 0 Å². The number of anilines is 1. The first kappa shape index (κ1) is 21.1. The van der Waals surface area contributed by atoms with Gasteiger partial charge in [0.15, 0.2) is 0 Å². The zero-order valence-electron chi connectivity index (χ0n) is 14.9. The number of nitrogens with zero attached hydrogens (tertiary/aromatic N) is 2. The lowest BCUT2D eigenvalue weighted by Crippen LogP contribution is -2.17. The van der Waals surface area contributed by atoms with Crippen LogP contribution in [0.4, 0.5) is 5.69 Å². The van der Waals surface area contributed by atoms with Crippen LogP contribution in [0, 0.1) is 0 Å². The molecule has 3 aromatic rings. The van der Waals surface area contributed by atoms with Crippen molar-refractivity contribution in [2.45, 2.75) is 23.8 Å². The predicted octanol–water partition coefficient (Wildman–Crippen LogP) is 3.16. The highest BCUT2D eigenvalue weighted by molar-refractivity contribution is 9.10. The number of carbonyl (C=O) groups is 1. The molecule has 1 atom stereocenters. The largest absolute Gasteiger partial charge is 0.419 e. The fourth-order valence-corrected chi connectivity index (χ4v) is 3.25. The first-order valence-electron chi connectivity index (χ1n) is 8.45. The lowest BCUT2D eigenvalue weighted by molar-refractivity contribution is -0.116. The van der Waals surface area contributed by atoms with Crippen molar-refractivity contribution in [2.24, 2.45) is 5.73 Å². The number of nitrogens with two attached hydrogens (primary N) is 1. The van der Waals surface area contributed by atoms with Gasteiger partial charge >= 0.3 is 0 Å². The van der Waals surface area contributed by atoms with Crippen LogP contribution < -0.4 is 11.1 Å². The van der Waals surface area contributed by atoms with Crippen molar-refractivity contribution >= 4 is 37.6 Å². The van der Waals surface area contributed by atoms with Crippen molar-refractivity contribution in [3.8, 4) is 11.5 Å². The number of benzene rings is 2. The monoisotopic (exact) mass is 480 g/mol. The van der Waals surface area contributed by atoms with E-state index in [0.29, 0.717) is 5.89 Å². The Morgan fingerprint density at radius 3 is 2.62 bits per heavy atom. The molecule has 0 unspecified atom stereocenters. The van der Waals surface area contributed by atoms with E-state index in [1.165, 1.54) is 18.2 Å². The number of amides is 1. The van der Waals surface area contributed by atoms with Gasteiger partial charge in [0.1, 0.15) is 0 Å². The molecule has 0 saturated heterocycles. The zero-order valence-corrected chi connectivity index (χ0v) is 17.4. The van der Waals surface area contributed by atoms with Crippen molar-refractivity contribution in [2.75, 3.05) is 5.32 Å². The summed E-state index contributed by atoms with van der Waals surface area (Å²) in [6, 6.07) is 12.0. The Hall–Kier alpha value is -2.60. The number of aromatic nitrogens is 2. The number of halogens is 1. The highest BCUT2D eigenvalue weighted by atomic mass is 79.9. The molecular weight excluding hydrogens is 464 g/mol. The molecule has 0 aliphatic heterocycles. The maximum Gasteiger partial charge on any atom is 0.294 e. The van der Waals surface area contributed by atoms with Gasteiger partial charge in [0.25, 0.3) is 10.1 Å². The third kappa shape index (κ3) is 5.70. The standard InChI is InChI=1S/C18H17BrN4O5S/c19-12-6-4-11(5-7-12)17-22-23-18(28-17)15(20)8-9-16(24)21-13-2-1-3-14(10-13)29(25,26)27/h1-7,10,15H,8-9,20H2,(H,21,24)(H,25,26,27)/t15-/m0/s1. The van der Waals surface area contributed by atoms with Crippen LogP contribution in [0.25, 0.3) is 11.5 Å². The molecule has 0 aliphatic rings. The van der Waals surface area contributed by atoms with Gasteiger partial charge in [0.05, 0.1) is 10.9 Å². The molecule has 4 N–H and O–H groups in total. The Kier molecular flexibility index (Phi) is 6.42. The minimum absolute atomic E-state index is 0.0489. The molecule has 0 bridgehead atoms. The SMILES string of the molecule is N[C@@H](CCC(=O)Nc1cccc(S(=O)(=O)O)c1)c1nnc(-c2ccc(Br)cc2)o1. The number of nitrogens with one attached hydrogen (secondary N) is 1. The van der Waals surface area contributed by atoms with Gasteiger partial charge in [-0.1, -0.05) is 22.0 Å². The average molecular weight is 481 g/mol. The van der Waals surface area contributed by atoms with Crippen LogP contribution in [0.15, 0.2) is 62.3 Å². The predicted molar refractivity (Wildman–Crippen MR) is 108 cm³/mol. The van der Waals surface area contributed by atoms with Crippen LogP contribution in [0.1, 0.15) is 24.8 Å². The maximum absolute atomic E-state index is 12.1. The Labute approximate surface area is 175 Å². The summed E-state index contributed by atoms with van der Waals surface area (Å²) in [6.07, 6.45) is 0.291. The van der Waals surface area contributed by atoms with Crippen LogP contribution in [0.3, 0.4) is 0 Å². The second kappa shape index (κ2) is 8.82. The van der Waals surface area contributed by atoms with Gasteiger partial charge in [0, 0.05) is 22.1 Å². The summed E-state index contributed by atoms with van der Waals surface area (Å²) in [6.45, 7) is 0. The number of carbonyl (C=O) groups excluding carboxylic acids is 1. The Bertz CT molecular complexity index is 1120. The van der Waals surface area contributed by atoms with Gasteiger partial charge in [0.2, 0.25) is 17.7 Å². The Balaban J connectivity index is 1.57. The quantitative estimate of drug-likeness (QED) is 0.436. The number of hydrogen-bond acceptors (Lipinski definition) is 7. The van der Waals surface area contributed by atoms with Gasteiger partial charge in [-0.05, 0) is 48.9 Å². The molecule has 11 heteroatoms. The second-order valence-corrected chi connectivity index (χ2v) is 8.49. The van der Waals surface area contributed by atoms with E-state index in [1.54, 1.807) is 0 Å². The second-order valence-electron chi connectivity index (χ2n) is 6.15.